The van der Waals surface area contributed by atoms with Crippen molar-refractivity contribution in [3.63, 3.8) is 0 Å². The summed E-state index contributed by atoms with van der Waals surface area (Å²) in [5, 5.41) is 22.4. The normalized spacial score (nSPS) is 10.4. The highest BCUT2D eigenvalue weighted by atomic mass is 32.2. The van der Waals surface area contributed by atoms with Gasteiger partial charge in [-0.05, 0) is 41.2 Å². The van der Waals surface area contributed by atoms with Crippen LogP contribution in [0.15, 0.2) is 28.3 Å². The Morgan fingerprint density at radius 1 is 1.47 bits per heavy atom. The predicted molar refractivity (Wildman–Crippen MR) is 66.0 cm³/mol. The molecule has 0 spiro atoms. The van der Waals surface area contributed by atoms with Gasteiger partial charge in [0.15, 0.2) is 5.78 Å². The number of rotatable bonds is 4. The Kier molecular flexibility index (Phi) is 3.56. The summed E-state index contributed by atoms with van der Waals surface area (Å²) in [6.45, 7) is 1.29. The van der Waals surface area contributed by atoms with E-state index in [0.717, 1.165) is 0 Å². The monoisotopic (exact) mass is 279 g/mol. The first-order valence-corrected chi connectivity index (χ1v) is 6.00. The lowest BCUT2D eigenvalue weighted by Crippen LogP contribution is -2.00. The topological polar surface area (TPSA) is 104 Å². The second-order valence-corrected chi connectivity index (χ2v) is 4.72. The summed E-state index contributed by atoms with van der Waals surface area (Å²) in [4.78, 5) is 22.3. The van der Waals surface area contributed by atoms with Crippen LogP contribution in [0.3, 0.4) is 0 Å². The summed E-state index contributed by atoms with van der Waals surface area (Å²) in [6, 6.07) is 4.41. The second kappa shape index (κ2) is 5.14. The molecule has 0 fully saturated rings. The van der Waals surface area contributed by atoms with Crippen LogP contribution in [0.5, 0.6) is 0 Å². The van der Waals surface area contributed by atoms with Crippen LogP contribution >= 0.6 is 11.8 Å². The van der Waals surface area contributed by atoms with Gasteiger partial charge in [-0.15, -0.1) is 5.10 Å². The molecule has 0 saturated carbocycles. The van der Waals surface area contributed by atoms with Crippen LogP contribution in [-0.2, 0) is 7.05 Å². The molecule has 0 saturated heterocycles. The highest BCUT2D eigenvalue weighted by molar-refractivity contribution is 7.99. The molecule has 0 atom stereocenters. The summed E-state index contributed by atoms with van der Waals surface area (Å²) < 4.78 is 1.45. The molecule has 0 radical (unpaired) electrons. The highest BCUT2D eigenvalue weighted by Gasteiger charge is 2.18. The van der Waals surface area contributed by atoms with Gasteiger partial charge in [0.05, 0.1) is 10.5 Å². The summed E-state index contributed by atoms with van der Waals surface area (Å²) >= 11 is 1.18. The number of aryl methyl sites for hydroxylation is 1. The third kappa shape index (κ3) is 2.76. The van der Waals surface area contributed by atoms with Crippen molar-refractivity contribution < 1.29 is 9.72 Å². The van der Waals surface area contributed by atoms with Gasteiger partial charge in [0.2, 0.25) is 5.16 Å². The van der Waals surface area contributed by atoms with E-state index in [1.807, 2.05) is 0 Å². The molecule has 1 aromatic carbocycles. The lowest BCUT2D eigenvalue weighted by Gasteiger charge is -2.02. The van der Waals surface area contributed by atoms with Crippen molar-refractivity contribution in [2.24, 2.45) is 7.05 Å². The van der Waals surface area contributed by atoms with Crippen molar-refractivity contribution in [3.05, 3.63) is 33.9 Å². The average molecular weight is 279 g/mol. The van der Waals surface area contributed by atoms with Gasteiger partial charge in [-0.2, -0.15) is 0 Å². The number of nitrogens with zero attached hydrogens (tertiary/aromatic N) is 5. The molecular weight excluding hydrogens is 270 g/mol. The number of nitro benzene ring substituents is 1. The first-order valence-electron chi connectivity index (χ1n) is 5.18. The number of hydrogen-bond acceptors (Lipinski definition) is 7. The van der Waals surface area contributed by atoms with Gasteiger partial charge in [-0.3, -0.25) is 14.9 Å². The fourth-order valence-electron chi connectivity index (χ4n) is 1.44. The van der Waals surface area contributed by atoms with Gasteiger partial charge in [-0.25, -0.2) is 4.68 Å². The number of ketones is 1. The molecule has 8 nitrogen and oxygen atoms in total. The van der Waals surface area contributed by atoms with Gasteiger partial charge < -0.3 is 0 Å². The van der Waals surface area contributed by atoms with Crippen LogP contribution in [0.4, 0.5) is 5.69 Å². The number of nitro groups is 1. The fourth-order valence-corrected chi connectivity index (χ4v) is 2.20. The van der Waals surface area contributed by atoms with E-state index in [1.165, 1.54) is 35.5 Å². The summed E-state index contributed by atoms with van der Waals surface area (Å²) in [6.07, 6.45) is 0. The number of aromatic nitrogens is 4. The molecule has 9 heteroatoms. The lowest BCUT2D eigenvalue weighted by molar-refractivity contribution is -0.385. The molecule has 0 amide bonds. The van der Waals surface area contributed by atoms with Crippen molar-refractivity contribution in [2.75, 3.05) is 0 Å². The van der Waals surface area contributed by atoms with Crippen LogP contribution in [-0.4, -0.2) is 30.9 Å². The molecule has 0 aliphatic heterocycles. The molecule has 2 aromatic rings. The molecule has 19 heavy (non-hydrogen) atoms. The summed E-state index contributed by atoms with van der Waals surface area (Å²) in [7, 11) is 1.67. The van der Waals surface area contributed by atoms with Crippen molar-refractivity contribution in [1.29, 1.82) is 0 Å². The Hall–Kier alpha value is -2.29. The van der Waals surface area contributed by atoms with Gasteiger partial charge in [0, 0.05) is 18.0 Å². The maximum Gasteiger partial charge on any atom is 0.281 e. The molecule has 98 valence electrons. The number of carbonyl (C=O) groups excluding carboxylic acids is 1. The van der Waals surface area contributed by atoms with Gasteiger partial charge in [0.1, 0.15) is 0 Å². The van der Waals surface area contributed by atoms with E-state index in [9.17, 15) is 14.9 Å². The maximum atomic E-state index is 11.3. The van der Waals surface area contributed by atoms with Crippen LogP contribution < -0.4 is 0 Å². The van der Waals surface area contributed by atoms with E-state index >= 15 is 0 Å². The van der Waals surface area contributed by atoms with E-state index in [-0.39, 0.29) is 17.0 Å². The van der Waals surface area contributed by atoms with Gasteiger partial charge in [0.25, 0.3) is 5.69 Å². The molecule has 0 aliphatic rings. The molecule has 0 aliphatic carbocycles. The number of carbonyl (C=O) groups is 1. The minimum absolute atomic E-state index is 0.0884. The molecule has 0 N–H and O–H groups in total. The molecule has 1 aromatic heterocycles. The fraction of sp³-hybridized carbons (Fsp3) is 0.200. The third-order valence-electron chi connectivity index (χ3n) is 2.34. The number of tetrazole rings is 1. The van der Waals surface area contributed by atoms with E-state index in [1.54, 1.807) is 13.1 Å². The van der Waals surface area contributed by atoms with Crippen LogP contribution in [0.2, 0.25) is 0 Å². The van der Waals surface area contributed by atoms with E-state index < -0.39 is 4.92 Å². The standard InChI is InChI=1S/C10H9N5O3S/c1-6(16)8-4-3-7(5-9(8)15(17)18)19-10-11-12-13-14(10)2/h3-5H,1-2H3. The van der Waals surface area contributed by atoms with Crippen LogP contribution in [0, 0.1) is 10.1 Å². The summed E-state index contributed by atoms with van der Waals surface area (Å²) in [5.74, 6) is -0.344. The molecule has 0 bridgehead atoms. The van der Waals surface area contributed by atoms with Gasteiger partial charge in [-0.1, -0.05) is 0 Å². The molecule has 0 unspecified atom stereocenters. The van der Waals surface area contributed by atoms with Crippen molar-refractivity contribution >= 4 is 23.2 Å². The largest absolute Gasteiger partial charge is 0.294 e. The average Bonchev–Trinajstić information content (AvgIpc) is 2.74. The second-order valence-electron chi connectivity index (χ2n) is 3.68. The van der Waals surface area contributed by atoms with E-state index in [4.69, 9.17) is 0 Å². The van der Waals surface area contributed by atoms with Crippen LogP contribution in [0.25, 0.3) is 0 Å². The lowest BCUT2D eigenvalue weighted by atomic mass is 10.1. The minimum atomic E-state index is -0.574. The Balaban J connectivity index is 2.39. The third-order valence-corrected chi connectivity index (χ3v) is 3.35. The molecule has 1 heterocycles. The molecular formula is C10H9N5O3S. The quantitative estimate of drug-likeness (QED) is 0.474. The van der Waals surface area contributed by atoms with E-state index in [0.29, 0.717) is 10.1 Å². The zero-order valence-electron chi connectivity index (χ0n) is 10.1. The number of benzene rings is 1. The Morgan fingerprint density at radius 2 is 2.21 bits per heavy atom. The first-order chi connectivity index (χ1) is 8.99. The predicted octanol–water partition coefficient (Wildman–Crippen LogP) is 1.47. The van der Waals surface area contributed by atoms with Crippen LogP contribution in [0.1, 0.15) is 17.3 Å². The number of hydrogen-bond donors (Lipinski definition) is 0. The zero-order chi connectivity index (χ0) is 14.0. The minimum Gasteiger partial charge on any atom is -0.294 e. The maximum absolute atomic E-state index is 11.3. The Bertz CT molecular complexity index is 654. The van der Waals surface area contributed by atoms with Crippen molar-refractivity contribution in [1.82, 2.24) is 20.2 Å². The number of Topliss-reactive ketones (excluding diaryl/α,β-unsaturated/α-hetero) is 1. The smallest absolute Gasteiger partial charge is 0.281 e. The Labute approximate surface area is 112 Å². The van der Waals surface area contributed by atoms with E-state index in [2.05, 4.69) is 15.5 Å². The Morgan fingerprint density at radius 3 is 2.74 bits per heavy atom. The first kappa shape index (κ1) is 13.1. The van der Waals surface area contributed by atoms with Crippen molar-refractivity contribution in [3.8, 4) is 0 Å². The zero-order valence-corrected chi connectivity index (χ0v) is 10.9. The SMILES string of the molecule is CC(=O)c1ccc(Sc2nnnn2C)cc1[N+](=O)[O-]. The van der Waals surface area contributed by atoms with Crippen molar-refractivity contribution in [2.45, 2.75) is 17.0 Å². The summed E-state index contributed by atoms with van der Waals surface area (Å²) in [5.41, 5.74) is -0.127. The molecule has 2 rings (SSSR count). The van der Waals surface area contributed by atoms with Gasteiger partial charge >= 0.3 is 0 Å². The highest BCUT2D eigenvalue weighted by Crippen LogP contribution is 2.30.